The third-order valence-corrected chi connectivity index (χ3v) is 2.92. The Morgan fingerprint density at radius 1 is 1.38 bits per heavy atom. The fourth-order valence-electron chi connectivity index (χ4n) is 1.64. The van der Waals surface area contributed by atoms with Crippen LogP contribution in [0.5, 0.6) is 0 Å². The number of rotatable bonds is 2. The Morgan fingerprint density at radius 2 is 2.08 bits per heavy atom. The number of epoxide rings is 1. The topological polar surface area (TPSA) is 12.5 Å². The van der Waals surface area contributed by atoms with Crippen molar-refractivity contribution in [2.75, 3.05) is 6.61 Å². The first-order valence-electron chi connectivity index (χ1n) is 4.55. The molecule has 70 valence electrons. The van der Waals surface area contributed by atoms with Gasteiger partial charge in [-0.25, -0.2) is 0 Å². The Morgan fingerprint density at radius 3 is 2.62 bits per heavy atom. The molecule has 0 aliphatic carbocycles. The number of aryl methyl sites for hydroxylation is 2. The minimum absolute atomic E-state index is 0.368. The highest BCUT2D eigenvalue weighted by atomic mass is 32.1. The molecule has 0 radical (unpaired) electrons. The van der Waals surface area contributed by atoms with Gasteiger partial charge < -0.3 is 4.74 Å². The van der Waals surface area contributed by atoms with Gasteiger partial charge in [0.2, 0.25) is 0 Å². The second kappa shape index (κ2) is 3.35. The summed E-state index contributed by atoms with van der Waals surface area (Å²) in [7, 11) is 0. The van der Waals surface area contributed by atoms with Crippen LogP contribution in [0.25, 0.3) is 0 Å². The van der Waals surface area contributed by atoms with Crippen LogP contribution in [-0.2, 0) is 10.5 Å². The molecule has 1 atom stereocenters. The van der Waals surface area contributed by atoms with Gasteiger partial charge in [-0.05, 0) is 36.1 Å². The molecule has 1 aromatic carbocycles. The van der Waals surface area contributed by atoms with Crippen LogP contribution < -0.4 is 0 Å². The van der Waals surface area contributed by atoms with Crippen LogP contribution in [0.4, 0.5) is 0 Å². The van der Waals surface area contributed by atoms with Crippen LogP contribution in [0.3, 0.4) is 0 Å². The highest BCUT2D eigenvalue weighted by Gasteiger charge is 2.26. The number of ether oxygens (including phenoxy) is 1. The molecule has 1 aromatic rings. The smallest absolute Gasteiger partial charge is 0.106 e. The van der Waals surface area contributed by atoms with Crippen molar-refractivity contribution < 1.29 is 4.74 Å². The standard InChI is InChI=1S/C11H14OS/c1-7-4-10(11-5-12-11)8(2)3-9(7)6-13/h3-4,11,13H,5-6H2,1-2H3. The first kappa shape index (κ1) is 9.10. The molecule has 0 spiro atoms. The highest BCUT2D eigenvalue weighted by Crippen LogP contribution is 2.33. The second-order valence-electron chi connectivity index (χ2n) is 3.62. The number of hydrogen-bond acceptors (Lipinski definition) is 2. The van der Waals surface area contributed by atoms with Crippen LogP contribution in [0, 0.1) is 13.8 Å². The summed E-state index contributed by atoms with van der Waals surface area (Å²) < 4.78 is 5.28. The van der Waals surface area contributed by atoms with Gasteiger partial charge in [0.05, 0.1) is 6.61 Å². The summed E-state index contributed by atoms with van der Waals surface area (Å²) in [5.41, 5.74) is 5.33. The molecule has 1 nitrogen and oxygen atoms in total. The lowest BCUT2D eigenvalue weighted by Crippen LogP contribution is -1.93. The zero-order valence-corrected chi connectivity index (χ0v) is 8.90. The fraction of sp³-hybridized carbons (Fsp3) is 0.455. The highest BCUT2D eigenvalue weighted by molar-refractivity contribution is 7.79. The molecular formula is C11H14OS. The van der Waals surface area contributed by atoms with Crippen molar-refractivity contribution in [1.82, 2.24) is 0 Å². The van der Waals surface area contributed by atoms with Crippen LogP contribution in [-0.4, -0.2) is 6.61 Å². The van der Waals surface area contributed by atoms with E-state index in [1.165, 1.54) is 22.3 Å². The lowest BCUT2D eigenvalue weighted by atomic mass is 9.99. The fourth-order valence-corrected chi connectivity index (χ4v) is 1.98. The minimum Gasteiger partial charge on any atom is -0.368 e. The predicted octanol–water partition coefficient (Wildman–Crippen LogP) is 2.80. The van der Waals surface area contributed by atoms with Crippen molar-refractivity contribution in [2.45, 2.75) is 25.7 Å². The maximum absolute atomic E-state index is 5.28. The monoisotopic (exact) mass is 194 g/mol. The average molecular weight is 194 g/mol. The second-order valence-corrected chi connectivity index (χ2v) is 3.93. The number of benzene rings is 1. The van der Waals surface area contributed by atoms with E-state index in [0.29, 0.717) is 6.10 Å². The summed E-state index contributed by atoms with van der Waals surface area (Å²) in [6, 6.07) is 4.46. The van der Waals surface area contributed by atoms with Gasteiger partial charge in [0, 0.05) is 5.75 Å². The molecule has 1 heterocycles. The van der Waals surface area contributed by atoms with E-state index in [0.717, 1.165) is 12.4 Å². The molecule has 1 aliphatic heterocycles. The van der Waals surface area contributed by atoms with E-state index in [2.05, 4.69) is 38.6 Å². The Hall–Kier alpha value is -0.470. The van der Waals surface area contributed by atoms with Crippen molar-refractivity contribution in [3.63, 3.8) is 0 Å². The van der Waals surface area contributed by atoms with Gasteiger partial charge in [-0.2, -0.15) is 12.6 Å². The summed E-state index contributed by atoms with van der Waals surface area (Å²) in [6.07, 6.45) is 0.368. The molecule has 1 fully saturated rings. The van der Waals surface area contributed by atoms with E-state index in [1.807, 2.05) is 0 Å². The lowest BCUT2D eigenvalue weighted by molar-refractivity contribution is 0.415. The van der Waals surface area contributed by atoms with Gasteiger partial charge in [0.25, 0.3) is 0 Å². The quantitative estimate of drug-likeness (QED) is 0.564. The average Bonchev–Trinajstić information content (AvgIpc) is 2.91. The van der Waals surface area contributed by atoms with Crippen LogP contribution in [0.2, 0.25) is 0 Å². The van der Waals surface area contributed by atoms with Crippen molar-refractivity contribution in [1.29, 1.82) is 0 Å². The van der Waals surface area contributed by atoms with E-state index < -0.39 is 0 Å². The zero-order chi connectivity index (χ0) is 9.42. The van der Waals surface area contributed by atoms with Crippen LogP contribution in [0.1, 0.15) is 28.4 Å². The van der Waals surface area contributed by atoms with Crippen LogP contribution in [0.15, 0.2) is 12.1 Å². The predicted molar refractivity (Wildman–Crippen MR) is 57.3 cm³/mol. The molecule has 13 heavy (non-hydrogen) atoms. The first-order valence-corrected chi connectivity index (χ1v) is 5.18. The molecule has 0 amide bonds. The Bertz CT molecular complexity index is 329. The first-order chi connectivity index (χ1) is 6.22. The van der Waals surface area contributed by atoms with Crippen molar-refractivity contribution in [2.24, 2.45) is 0 Å². The number of hydrogen-bond donors (Lipinski definition) is 1. The summed E-state index contributed by atoms with van der Waals surface area (Å²) in [5.74, 6) is 0.818. The molecular weight excluding hydrogens is 180 g/mol. The largest absolute Gasteiger partial charge is 0.368 e. The summed E-state index contributed by atoms with van der Waals surface area (Å²) in [4.78, 5) is 0. The third-order valence-electron chi connectivity index (χ3n) is 2.58. The third kappa shape index (κ3) is 1.74. The molecule has 0 saturated carbocycles. The maximum atomic E-state index is 5.28. The zero-order valence-electron chi connectivity index (χ0n) is 8.00. The van der Waals surface area contributed by atoms with E-state index in [-0.39, 0.29) is 0 Å². The van der Waals surface area contributed by atoms with Crippen molar-refractivity contribution in [3.8, 4) is 0 Å². The van der Waals surface area contributed by atoms with Gasteiger partial charge in [-0.3, -0.25) is 0 Å². The Kier molecular flexibility index (Phi) is 2.35. The van der Waals surface area contributed by atoms with Crippen LogP contribution >= 0.6 is 12.6 Å². The Balaban J connectivity index is 2.42. The molecule has 1 unspecified atom stereocenters. The normalized spacial score (nSPS) is 20.4. The molecule has 0 bridgehead atoms. The number of thiol groups is 1. The van der Waals surface area contributed by atoms with Crippen molar-refractivity contribution >= 4 is 12.6 Å². The minimum atomic E-state index is 0.368. The SMILES string of the molecule is Cc1cc(C2CO2)c(C)cc1CS. The summed E-state index contributed by atoms with van der Waals surface area (Å²) in [5, 5.41) is 0. The molecule has 0 aromatic heterocycles. The van der Waals surface area contributed by atoms with Crippen molar-refractivity contribution in [3.05, 3.63) is 34.4 Å². The van der Waals surface area contributed by atoms with E-state index in [1.54, 1.807) is 0 Å². The maximum Gasteiger partial charge on any atom is 0.106 e. The van der Waals surface area contributed by atoms with Gasteiger partial charge in [-0.1, -0.05) is 12.1 Å². The van der Waals surface area contributed by atoms with E-state index in [9.17, 15) is 0 Å². The molecule has 1 aliphatic rings. The lowest BCUT2D eigenvalue weighted by Gasteiger charge is -2.08. The molecule has 2 rings (SSSR count). The van der Waals surface area contributed by atoms with E-state index >= 15 is 0 Å². The van der Waals surface area contributed by atoms with Gasteiger partial charge in [0.15, 0.2) is 0 Å². The van der Waals surface area contributed by atoms with Gasteiger partial charge in [-0.15, -0.1) is 0 Å². The molecule has 2 heteroatoms. The molecule has 1 saturated heterocycles. The van der Waals surface area contributed by atoms with Gasteiger partial charge >= 0.3 is 0 Å². The molecule has 0 N–H and O–H groups in total. The summed E-state index contributed by atoms with van der Waals surface area (Å²) >= 11 is 4.30. The van der Waals surface area contributed by atoms with E-state index in [4.69, 9.17) is 4.74 Å². The summed E-state index contributed by atoms with van der Waals surface area (Å²) in [6.45, 7) is 5.17. The van der Waals surface area contributed by atoms with Gasteiger partial charge in [0.1, 0.15) is 6.10 Å². The Labute approximate surface area is 84.5 Å².